The molecule has 1 aromatic carbocycles. The van der Waals surface area contributed by atoms with Gasteiger partial charge >= 0.3 is 0 Å². The molecule has 2 rings (SSSR count). The number of primary sulfonamides is 1. The Labute approximate surface area is 99.7 Å². The molecule has 0 bridgehead atoms. The summed E-state index contributed by atoms with van der Waals surface area (Å²) < 4.78 is 28.3. The molecule has 0 aliphatic carbocycles. The summed E-state index contributed by atoms with van der Waals surface area (Å²) in [5, 5.41) is 5.13. The highest BCUT2D eigenvalue weighted by Gasteiger charge is 2.24. The number of oxazole rings is 1. The van der Waals surface area contributed by atoms with Gasteiger partial charge < -0.3 is 4.42 Å². The maximum Gasteiger partial charge on any atom is 0.241 e. The van der Waals surface area contributed by atoms with Gasteiger partial charge in [0.15, 0.2) is 5.58 Å². The maximum absolute atomic E-state index is 11.4. The van der Waals surface area contributed by atoms with E-state index in [9.17, 15) is 8.42 Å². The summed E-state index contributed by atoms with van der Waals surface area (Å²) >= 11 is 0. The number of sulfonamides is 1. The molecule has 0 unspecified atom stereocenters. The van der Waals surface area contributed by atoms with Crippen LogP contribution in [0.5, 0.6) is 0 Å². The van der Waals surface area contributed by atoms with Gasteiger partial charge in [0.1, 0.15) is 10.4 Å². The van der Waals surface area contributed by atoms with Gasteiger partial charge in [-0.25, -0.2) is 18.5 Å². The summed E-state index contributed by atoms with van der Waals surface area (Å²) in [5.41, 5.74) is 0.440. The average Bonchev–Trinajstić information content (AvgIpc) is 2.57. The zero-order valence-electron chi connectivity index (χ0n) is 9.89. The average molecular weight is 254 g/mol. The van der Waals surface area contributed by atoms with Crippen molar-refractivity contribution in [1.82, 2.24) is 4.98 Å². The Morgan fingerprint density at radius 1 is 1.29 bits per heavy atom. The standard InChI is InChI=1S/C11H14N2O3S/c1-11(2,3)10-13-7-5-4-6-8(9(7)16-10)17(12,14)15/h4-6H,1-3H3,(H2,12,14,15). The lowest BCUT2D eigenvalue weighted by atomic mass is 9.97. The third-order valence-electron chi connectivity index (χ3n) is 2.33. The topological polar surface area (TPSA) is 86.2 Å². The number of rotatable bonds is 1. The zero-order chi connectivity index (χ0) is 12.8. The van der Waals surface area contributed by atoms with Crippen LogP contribution >= 0.6 is 0 Å². The van der Waals surface area contributed by atoms with E-state index in [0.717, 1.165) is 0 Å². The Kier molecular flexibility index (Phi) is 2.52. The summed E-state index contributed by atoms with van der Waals surface area (Å²) in [4.78, 5) is 4.24. The van der Waals surface area contributed by atoms with E-state index in [-0.39, 0.29) is 15.9 Å². The molecule has 92 valence electrons. The minimum absolute atomic E-state index is 0.0296. The molecule has 2 aromatic rings. The van der Waals surface area contributed by atoms with Crippen LogP contribution in [0.3, 0.4) is 0 Å². The molecular formula is C11H14N2O3S. The predicted octanol–water partition coefficient (Wildman–Crippen LogP) is 1.77. The summed E-state index contributed by atoms with van der Waals surface area (Å²) in [7, 11) is -3.80. The number of fused-ring (bicyclic) bond motifs is 1. The van der Waals surface area contributed by atoms with Gasteiger partial charge in [-0.3, -0.25) is 0 Å². The van der Waals surface area contributed by atoms with E-state index >= 15 is 0 Å². The monoisotopic (exact) mass is 254 g/mol. The largest absolute Gasteiger partial charge is 0.439 e. The highest BCUT2D eigenvalue weighted by atomic mass is 32.2. The summed E-state index contributed by atoms with van der Waals surface area (Å²) in [6.45, 7) is 5.82. The zero-order valence-corrected chi connectivity index (χ0v) is 10.7. The minimum Gasteiger partial charge on any atom is -0.439 e. The molecule has 0 fully saturated rings. The molecule has 0 radical (unpaired) electrons. The van der Waals surface area contributed by atoms with Crippen molar-refractivity contribution < 1.29 is 12.8 Å². The first kappa shape index (κ1) is 12.1. The molecule has 0 atom stereocenters. The normalized spacial score (nSPS) is 13.2. The number of hydrogen-bond acceptors (Lipinski definition) is 4. The van der Waals surface area contributed by atoms with Gasteiger partial charge in [-0.15, -0.1) is 0 Å². The molecule has 0 aliphatic heterocycles. The second kappa shape index (κ2) is 3.54. The Morgan fingerprint density at radius 2 is 1.94 bits per heavy atom. The first-order valence-corrected chi connectivity index (χ1v) is 6.67. The molecule has 17 heavy (non-hydrogen) atoms. The maximum atomic E-state index is 11.4. The summed E-state index contributed by atoms with van der Waals surface area (Å²) in [5.74, 6) is 0.489. The van der Waals surface area contributed by atoms with E-state index in [4.69, 9.17) is 9.56 Å². The Balaban J connectivity index is 2.79. The molecule has 1 aromatic heterocycles. The summed E-state index contributed by atoms with van der Waals surface area (Å²) in [6, 6.07) is 4.70. The van der Waals surface area contributed by atoms with Gasteiger partial charge in [0.05, 0.1) is 0 Å². The number of aromatic nitrogens is 1. The van der Waals surface area contributed by atoms with Crippen molar-refractivity contribution in [3.8, 4) is 0 Å². The number of nitrogens with two attached hydrogens (primary N) is 1. The van der Waals surface area contributed by atoms with E-state index in [1.807, 2.05) is 20.8 Å². The Bertz CT molecular complexity index is 666. The van der Waals surface area contributed by atoms with E-state index in [0.29, 0.717) is 11.4 Å². The molecule has 1 heterocycles. The van der Waals surface area contributed by atoms with Crippen molar-refractivity contribution in [3.63, 3.8) is 0 Å². The minimum atomic E-state index is -3.80. The Morgan fingerprint density at radius 3 is 2.47 bits per heavy atom. The predicted molar refractivity (Wildman–Crippen MR) is 64.1 cm³/mol. The lowest BCUT2D eigenvalue weighted by Gasteiger charge is -2.11. The van der Waals surface area contributed by atoms with Crippen LogP contribution in [-0.4, -0.2) is 13.4 Å². The molecule has 0 saturated carbocycles. The molecule has 6 heteroatoms. The highest BCUT2D eigenvalue weighted by Crippen LogP contribution is 2.28. The van der Waals surface area contributed by atoms with Gasteiger partial charge in [-0.2, -0.15) is 0 Å². The second-order valence-corrected chi connectivity index (χ2v) is 6.45. The smallest absolute Gasteiger partial charge is 0.241 e. The number of benzene rings is 1. The first-order valence-electron chi connectivity index (χ1n) is 5.12. The van der Waals surface area contributed by atoms with Crippen molar-refractivity contribution in [2.45, 2.75) is 31.1 Å². The van der Waals surface area contributed by atoms with E-state index in [2.05, 4.69) is 4.98 Å². The number of para-hydroxylation sites is 1. The van der Waals surface area contributed by atoms with Gasteiger partial charge in [0.25, 0.3) is 0 Å². The van der Waals surface area contributed by atoms with Gasteiger partial charge in [0.2, 0.25) is 15.9 Å². The van der Waals surface area contributed by atoms with Crippen LogP contribution in [0.15, 0.2) is 27.5 Å². The van der Waals surface area contributed by atoms with Crippen LogP contribution in [0.2, 0.25) is 0 Å². The van der Waals surface area contributed by atoms with Crippen LogP contribution in [0.25, 0.3) is 11.1 Å². The number of nitrogens with zero attached hydrogens (tertiary/aromatic N) is 1. The van der Waals surface area contributed by atoms with Crippen LogP contribution in [0, 0.1) is 0 Å². The molecule has 2 N–H and O–H groups in total. The first-order chi connectivity index (χ1) is 7.69. The third-order valence-corrected chi connectivity index (χ3v) is 3.26. The van der Waals surface area contributed by atoms with Crippen molar-refractivity contribution in [1.29, 1.82) is 0 Å². The molecule has 0 amide bonds. The van der Waals surface area contributed by atoms with E-state index in [1.54, 1.807) is 12.1 Å². The SMILES string of the molecule is CC(C)(C)c1nc2cccc(S(N)(=O)=O)c2o1. The molecule has 0 spiro atoms. The van der Waals surface area contributed by atoms with Gasteiger partial charge in [0, 0.05) is 5.41 Å². The highest BCUT2D eigenvalue weighted by molar-refractivity contribution is 7.89. The quantitative estimate of drug-likeness (QED) is 0.840. The fourth-order valence-electron chi connectivity index (χ4n) is 1.47. The lowest BCUT2D eigenvalue weighted by molar-refractivity contribution is 0.408. The van der Waals surface area contributed by atoms with Crippen LogP contribution in [0.4, 0.5) is 0 Å². The Hall–Kier alpha value is -1.40. The van der Waals surface area contributed by atoms with Crippen LogP contribution < -0.4 is 5.14 Å². The van der Waals surface area contributed by atoms with E-state index < -0.39 is 10.0 Å². The van der Waals surface area contributed by atoms with Crippen molar-refractivity contribution in [2.75, 3.05) is 0 Å². The molecular weight excluding hydrogens is 240 g/mol. The van der Waals surface area contributed by atoms with Crippen LogP contribution in [0.1, 0.15) is 26.7 Å². The fourth-order valence-corrected chi connectivity index (χ4v) is 2.14. The molecule has 0 saturated heterocycles. The lowest BCUT2D eigenvalue weighted by Crippen LogP contribution is -2.12. The van der Waals surface area contributed by atoms with E-state index in [1.165, 1.54) is 6.07 Å². The number of hydrogen-bond donors (Lipinski definition) is 1. The van der Waals surface area contributed by atoms with Gasteiger partial charge in [-0.05, 0) is 12.1 Å². The fraction of sp³-hybridized carbons (Fsp3) is 0.364. The molecule has 0 aliphatic rings. The summed E-state index contributed by atoms with van der Waals surface area (Å²) in [6.07, 6.45) is 0. The third kappa shape index (κ3) is 2.18. The molecule has 5 nitrogen and oxygen atoms in total. The van der Waals surface area contributed by atoms with Gasteiger partial charge in [-0.1, -0.05) is 26.8 Å². The van der Waals surface area contributed by atoms with Crippen molar-refractivity contribution in [2.24, 2.45) is 5.14 Å². The van der Waals surface area contributed by atoms with Crippen molar-refractivity contribution >= 4 is 21.1 Å². The van der Waals surface area contributed by atoms with Crippen molar-refractivity contribution in [3.05, 3.63) is 24.1 Å². The second-order valence-electron chi connectivity index (χ2n) is 4.92. The van der Waals surface area contributed by atoms with Crippen LogP contribution in [-0.2, 0) is 15.4 Å².